The number of carbonyl (C=O) groups is 1. The van der Waals surface area contributed by atoms with Crippen LogP contribution in [0.15, 0.2) is 28.7 Å². The first kappa shape index (κ1) is 11.4. The van der Waals surface area contributed by atoms with Crippen LogP contribution in [0.4, 0.5) is 0 Å². The van der Waals surface area contributed by atoms with Crippen molar-refractivity contribution >= 4 is 44.3 Å². The molecule has 0 bridgehead atoms. The van der Waals surface area contributed by atoms with Crippen molar-refractivity contribution in [3.05, 3.63) is 39.6 Å². The molecular formula is C11H7BrClNO2. The minimum Gasteiger partial charge on any atom is -0.464 e. The Balaban J connectivity index is 2.73. The topological polar surface area (TPSA) is 39.2 Å². The van der Waals surface area contributed by atoms with Crippen molar-refractivity contribution in [2.75, 3.05) is 7.11 Å². The van der Waals surface area contributed by atoms with Crippen LogP contribution in [-0.4, -0.2) is 18.1 Å². The summed E-state index contributed by atoms with van der Waals surface area (Å²) >= 11 is 9.41. The molecule has 0 aliphatic heterocycles. The number of fused-ring (bicyclic) bond motifs is 1. The van der Waals surface area contributed by atoms with Crippen molar-refractivity contribution in [2.45, 2.75) is 0 Å². The fourth-order valence-electron chi connectivity index (χ4n) is 1.43. The highest BCUT2D eigenvalue weighted by atomic mass is 79.9. The van der Waals surface area contributed by atoms with Crippen molar-refractivity contribution in [3.63, 3.8) is 0 Å². The SMILES string of the molecule is COC(=O)c1cc2cccc(Br)c2c(Cl)n1. The molecule has 0 radical (unpaired) electrons. The Kier molecular flexibility index (Phi) is 3.12. The number of ether oxygens (including phenoxy) is 1. The monoisotopic (exact) mass is 299 g/mol. The molecule has 0 amide bonds. The fraction of sp³-hybridized carbons (Fsp3) is 0.0909. The highest BCUT2D eigenvalue weighted by Crippen LogP contribution is 2.29. The van der Waals surface area contributed by atoms with Gasteiger partial charge in [-0.1, -0.05) is 39.7 Å². The van der Waals surface area contributed by atoms with Gasteiger partial charge < -0.3 is 4.74 Å². The number of benzene rings is 1. The van der Waals surface area contributed by atoms with E-state index >= 15 is 0 Å². The van der Waals surface area contributed by atoms with Gasteiger partial charge in [0, 0.05) is 9.86 Å². The summed E-state index contributed by atoms with van der Waals surface area (Å²) in [4.78, 5) is 15.3. The number of aromatic nitrogens is 1. The number of nitrogens with zero attached hydrogens (tertiary/aromatic N) is 1. The number of methoxy groups -OCH3 is 1. The standard InChI is InChI=1S/C11H7BrClNO2/c1-16-11(15)8-5-6-3-2-4-7(12)9(6)10(13)14-8/h2-5H,1H3. The van der Waals surface area contributed by atoms with Gasteiger partial charge in [-0.2, -0.15) is 0 Å². The molecule has 16 heavy (non-hydrogen) atoms. The van der Waals surface area contributed by atoms with Crippen molar-refractivity contribution in [1.82, 2.24) is 4.98 Å². The van der Waals surface area contributed by atoms with Gasteiger partial charge >= 0.3 is 5.97 Å². The van der Waals surface area contributed by atoms with E-state index in [-0.39, 0.29) is 10.8 Å². The molecular weight excluding hydrogens is 293 g/mol. The Labute approximate surface area is 106 Å². The third kappa shape index (κ3) is 1.90. The summed E-state index contributed by atoms with van der Waals surface area (Å²) < 4.78 is 5.44. The molecule has 1 aromatic carbocycles. The first-order valence-corrected chi connectivity index (χ1v) is 5.63. The Morgan fingerprint density at radius 3 is 2.94 bits per heavy atom. The Hall–Kier alpha value is -1.13. The number of hydrogen-bond acceptors (Lipinski definition) is 3. The lowest BCUT2D eigenvalue weighted by atomic mass is 10.1. The highest BCUT2D eigenvalue weighted by molar-refractivity contribution is 9.10. The van der Waals surface area contributed by atoms with E-state index in [0.717, 1.165) is 15.2 Å². The molecule has 0 spiro atoms. The van der Waals surface area contributed by atoms with Gasteiger partial charge in [0.25, 0.3) is 0 Å². The van der Waals surface area contributed by atoms with E-state index in [0.29, 0.717) is 0 Å². The average Bonchev–Trinajstić information content (AvgIpc) is 2.27. The minimum atomic E-state index is -0.497. The van der Waals surface area contributed by atoms with Crippen molar-refractivity contribution < 1.29 is 9.53 Å². The first-order chi connectivity index (χ1) is 7.63. The quantitative estimate of drug-likeness (QED) is 0.598. The normalized spacial score (nSPS) is 10.4. The number of carbonyl (C=O) groups excluding carboxylic acids is 1. The molecule has 3 nitrogen and oxygen atoms in total. The van der Waals surface area contributed by atoms with E-state index in [1.807, 2.05) is 18.2 Å². The van der Waals surface area contributed by atoms with Gasteiger partial charge in [-0.3, -0.25) is 0 Å². The predicted octanol–water partition coefficient (Wildman–Crippen LogP) is 3.44. The second-order valence-corrected chi connectivity index (χ2v) is 4.34. The van der Waals surface area contributed by atoms with Gasteiger partial charge in [-0.25, -0.2) is 9.78 Å². The van der Waals surface area contributed by atoms with Crippen LogP contribution < -0.4 is 0 Å². The smallest absolute Gasteiger partial charge is 0.356 e. The van der Waals surface area contributed by atoms with E-state index in [9.17, 15) is 4.79 Å². The highest BCUT2D eigenvalue weighted by Gasteiger charge is 2.12. The molecule has 2 aromatic rings. The number of rotatable bonds is 1. The van der Waals surface area contributed by atoms with Crippen LogP contribution in [-0.2, 0) is 4.74 Å². The van der Waals surface area contributed by atoms with Gasteiger partial charge in [-0.05, 0) is 17.5 Å². The second kappa shape index (κ2) is 4.39. The third-order valence-corrected chi connectivity index (χ3v) is 3.09. The summed E-state index contributed by atoms with van der Waals surface area (Å²) in [6, 6.07) is 7.25. The molecule has 0 atom stereocenters. The van der Waals surface area contributed by atoms with Crippen LogP contribution in [0.5, 0.6) is 0 Å². The molecule has 0 fully saturated rings. The van der Waals surface area contributed by atoms with Gasteiger partial charge in [0.2, 0.25) is 0 Å². The lowest BCUT2D eigenvalue weighted by molar-refractivity contribution is 0.0594. The maximum atomic E-state index is 11.3. The van der Waals surface area contributed by atoms with E-state index in [1.54, 1.807) is 6.07 Å². The van der Waals surface area contributed by atoms with Crippen molar-refractivity contribution in [2.24, 2.45) is 0 Å². The molecule has 0 N–H and O–H groups in total. The summed E-state index contributed by atoms with van der Waals surface area (Å²) in [5, 5.41) is 1.91. The van der Waals surface area contributed by atoms with Crippen LogP contribution >= 0.6 is 27.5 Å². The molecule has 5 heteroatoms. The van der Waals surface area contributed by atoms with Gasteiger partial charge in [0.05, 0.1) is 7.11 Å². The molecule has 0 aliphatic carbocycles. The van der Waals surface area contributed by atoms with E-state index in [1.165, 1.54) is 7.11 Å². The zero-order valence-electron chi connectivity index (χ0n) is 8.33. The summed E-state index contributed by atoms with van der Waals surface area (Å²) in [7, 11) is 1.31. The van der Waals surface area contributed by atoms with Crippen LogP contribution in [0, 0.1) is 0 Å². The minimum absolute atomic E-state index is 0.207. The van der Waals surface area contributed by atoms with Crippen LogP contribution in [0.3, 0.4) is 0 Å². The lowest BCUT2D eigenvalue weighted by Crippen LogP contribution is -2.04. The molecule has 0 unspecified atom stereocenters. The Morgan fingerprint density at radius 2 is 2.25 bits per heavy atom. The summed E-state index contributed by atoms with van der Waals surface area (Å²) in [5.41, 5.74) is 0.207. The Morgan fingerprint density at radius 1 is 1.50 bits per heavy atom. The molecule has 1 aromatic heterocycles. The van der Waals surface area contributed by atoms with Gasteiger partial charge in [0.1, 0.15) is 5.15 Å². The zero-order chi connectivity index (χ0) is 11.7. The second-order valence-electron chi connectivity index (χ2n) is 3.13. The summed E-state index contributed by atoms with van der Waals surface area (Å²) in [6.45, 7) is 0. The molecule has 1 heterocycles. The predicted molar refractivity (Wildman–Crippen MR) is 65.8 cm³/mol. The third-order valence-electron chi connectivity index (χ3n) is 2.16. The van der Waals surface area contributed by atoms with Gasteiger partial charge in [-0.15, -0.1) is 0 Å². The lowest BCUT2D eigenvalue weighted by Gasteiger charge is -2.05. The summed E-state index contributed by atoms with van der Waals surface area (Å²) in [5.74, 6) is -0.497. The Bertz CT molecular complexity index is 571. The molecule has 82 valence electrons. The van der Waals surface area contributed by atoms with E-state index in [4.69, 9.17) is 11.6 Å². The summed E-state index contributed by atoms with van der Waals surface area (Å²) in [6.07, 6.45) is 0. The largest absolute Gasteiger partial charge is 0.464 e. The number of pyridine rings is 1. The maximum Gasteiger partial charge on any atom is 0.356 e. The van der Waals surface area contributed by atoms with E-state index in [2.05, 4.69) is 25.7 Å². The number of esters is 1. The number of hydrogen-bond donors (Lipinski definition) is 0. The molecule has 2 rings (SSSR count). The van der Waals surface area contributed by atoms with Crippen molar-refractivity contribution in [1.29, 1.82) is 0 Å². The number of halogens is 2. The molecule has 0 aliphatic rings. The first-order valence-electron chi connectivity index (χ1n) is 4.46. The average molecular weight is 301 g/mol. The van der Waals surface area contributed by atoms with Crippen LogP contribution in [0.2, 0.25) is 5.15 Å². The van der Waals surface area contributed by atoms with E-state index < -0.39 is 5.97 Å². The van der Waals surface area contributed by atoms with Crippen LogP contribution in [0.25, 0.3) is 10.8 Å². The van der Waals surface area contributed by atoms with Crippen molar-refractivity contribution in [3.8, 4) is 0 Å². The molecule has 0 saturated carbocycles. The van der Waals surface area contributed by atoms with Crippen LogP contribution in [0.1, 0.15) is 10.5 Å². The van der Waals surface area contributed by atoms with Gasteiger partial charge in [0.15, 0.2) is 5.69 Å². The maximum absolute atomic E-state index is 11.3. The fourth-order valence-corrected chi connectivity index (χ4v) is 2.41. The molecule has 0 saturated heterocycles. The zero-order valence-corrected chi connectivity index (χ0v) is 10.7.